The third-order valence-corrected chi connectivity index (χ3v) is 3.15. The molecular weight excluding hydrogens is 315 g/mol. The molecular formula is C14H16F3N3O3. The lowest BCUT2D eigenvalue weighted by Crippen LogP contribution is -2.33. The molecule has 1 amide bonds. The molecule has 1 aromatic carbocycles. The van der Waals surface area contributed by atoms with Crippen molar-refractivity contribution in [2.45, 2.75) is 19.6 Å². The van der Waals surface area contributed by atoms with Crippen molar-refractivity contribution in [3.05, 3.63) is 34.2 Å². The molecule has 2 rings (SSSR count). The summed E-state index contributed by atoms with van der Waals surface area (Å²) in [6, 6.07) is 4.24. The normalized spacial score (nSPS) is 11.8. The van der Waals surface area contributed by atoms with Gasteiger partial charge in [0, 0.05) is 12.2 Å². The van der Waals surface area contributed by atoms with Crippen LogP contribution in [-0.4, -0.2) is 41.4 Å². The second-order valence-corrected chi connectivity index (χ2v) is 4.81. The SMILES string of the molecule is CCOCCn1c(=O)[nH]c2cc(C(=O)NCC(F)(F)F)ccc21. The predicted octanol–water partition coefficient (Wildman–Crippen LogP) is 1.66. The lowest BCUT2D eigenvalue weighted by Gasteiger charge is -2.08. The number of aromatic nitrogens is 2. The predicted molar refractivity (Wildman–Crippen MR) is 77.4 cm³/mol. The van der Waals surface area contributed by atoms with Crippen LogP contribution in [0.1, 0.15) is 17.3 Å². The molecule has 0 aliphatic rings. The number of amides is 1. The van der Waals surface area contributed by atoms with E-state index in [9.17, 15) is 22.8 Å². The summed E-state index contributed by atoms with van der Waals surface area (Å²) in [5.41, 5.74) is 0.612. The Bertz CT molecular complexity index is 749. The number of rotatable bonds is 6. The highest BCUT2D eigenvalue weighted by molar-refractivity contribution is 5.97. The molecule has 6 nitrogen and oxygen atoms in total. The summed E-state index contributed by atoms with van der Waals surface area (Å²) in [7, 11) is 0. The van der Waals surface area contributed by atoms with Gasteiger partial charge in [-0.05, 0) is 25.1 Å². The highest BCUT2D eigenvalue weighted by Crippen LogP contribution is 2.15. The first-order valence-corrected chi connectivity index (χ1v) is 6.97. The van der Waals surface area contributed by atoms with Gasteiger partial charge in [0.15, 0.2) is 0 Å². The van der Waals surface area contributed by atoms with Gasteiger partial charge in [-0.2, -0.15) is 13.2 Å². The monoisotopic (exact) mass is 331 g/mol. The standard InChI is InChI=1S/C14H16F3N3O3/c1-2-23-6-5-20-11-4-3-9(7-10(11)19-13(20)22)12(21)18-8-14(15,16)17/h3-4,7H,2,5-6,8H2,1H3,(H,18,21)(H,19,22). The Balaban J connectivity index is 2.20. The minimum Gasteiger partial charge on any atom is -0.380 e. The molecule has 23 heavy (non-hydrogen) atoms. The van der Waals surface area contributed by atoms with Gasteiger partial charge >= 0.3 is 11.9 Å². The fourth-order valence-electron chi connectivity index (χ4n) is 2.11. The first kappa shape index (κ1) is 17.1. The molecule has 9 heteroatoms. The molecule has 0 spiro atoms. The van der Waals surface area contributed by atoms with Crippen molar-refractivity contribution in [3.63, 3.8) is 0 Å². The van der Waals surface area contributed by atoms with Gasteiger partial charge in [0.25, 0.3) is 5.91 Å². The fourth-order valence-corrected chi connectivity index (χ4v) is 2.11. The molecule has 0 saturated carbocycles. The quantitative estimate of drug-likeness (QED) is 0.791. The van der Waals surface area contributed by atoms with E-state index in [2.05, 4.69) is 4.98 Å². The van der Waals surface area contributed by atoms with Crippen molar-refractivity contribution in [3.8, 4) is 0 Å². The molecule has 2 aromatic rings. The van der Waals surface area contributed by atoms with Gasteiger partial charge in [-0.25, -0.2) is 4.79 Å². The number of halogens is 3. The summed E-state index contributed by atoms with van der Waals surface area (Å²) in [5, 5.41) is 1.78. The van der Waals surface area contributed by atoms with Crippen molar-refractivity contribution in [1.82, 2.24) is 14.9 Å². The third-order valence-electron chi connectivity index (χ3n) is 3.15. The first-order valence-electron chi connectivity index (χ1n) is 6.97. The van der Waals surface area contributed by atoms with Gasteiger partial charge in [-0.15, -0.1) is 0 Å². The topological polar surface area (TPSA) is 76.1 Å². The fraction of sp³-hybridized carbons (Fsp3) is 0.429. The highest BCUT2D eigenvalue weighted by Gasteiger charge is 2.28. The molecule has 0 radical (unpaired) electrons. The van der Waals surface area contributed by atoms with Crippen LogP contribution < -0.4 is 11.0 Å². The molecule has 0 saturated heterocycles. The van der Waals surface area contributed by atoms with E-state index >= 15 is 0 Å². The number of hydrogen-bond acceptors (Lipinski definition) is 3. The van der Waals surface area contributed by atoms with E-state index in [4.69, 9.17) is 4.74 Å². The van der Waals surface area contributed by atoms with Crippen molar-refractivity contribution in [2.24, 2.45) is 0 Å². The average molecular weight is 331 g/mol. The molecule has 126 valence electrons. The zero-order chi connectivity index (χ0) is 17.0. The Morgan fingerprint density at radius 2 is 2.13 bits per heavy atom. The van der Waals surface area contributed by atoms with Gasteiger partial charge in [-0.1, -0.05) is 0 Å². The van der Waals surface area contributed by atoms with Gasteiger partial charge < -0.3 is 15.0 Å². The molecule has 0 aliphatic heterocycles. The van der Waals surface area contributed by atoms with Crippen LogP contribution in [0.3, 0.4) is 0 Å². The lowest BCUT2D eigenvalue weighted by atomic mass is 10.2. The summed E-state index contributed by atoms with van der Waals surface area (Å²) in [6.45, 7) is 1.66. The molecule has 0 aliphatic carbocycles. The number of carbonyl (C=O) groups is 1. The van der Waals surface area contributed by atoms with Gasteiger partial charge in [0.05, 0.1) is 24.2 Å². The van der Waals surface area contributed by atoms with Crippen molar-refractivity contribution in [2.75, 3.05) is 19.8 Å². The van der Waals surface area contributed by atoms with Gasteiger partial charge in [0.2, 0.25) is 0 Å². The van der Waals surface area contributed by atoms with Crippen LogP contribution in [0, 0.1) is 0 Å². The average Bonchev–Trinajstić information content (AvgIpc) is 2.79. The number of fused-ring (bicyclic) bond motifs is 1. The van der Waals surface area contributed by atoms with Crippen molar-refractivity contribution < 1.29 is 22.7 Å². The second-order valence-electron chi connectivity index (χ2n) is 4.81. The van der Waals surface area contributed by atoms with E-state index in [1.54, 1.807) is 5.32 Å². The number of hydrogen-bond donors (Lipinski definition) is 2. The van der Waals surface area contributed by atoms with Crippen LogP contribution >= 0.6 is 0 Å². The van der Waals surface area contributed by atoms with Crippen molar-refractivity contribution >= 4 is 16.9 Å². The smallest absolute Gasteiger partial charge is 0.380 e. The Kier molecular flexibility index (Phi) is 5.09. The maximum absolute atomic E-state index is 12.1. The number of imidazole rings is 1. The summed E-state index contributed by atoms with van der Waals surface area (Å²) in [4.78, 5) is 26.2. The lowest BCUT2D eigenvalue weighted by molar-refractivity contribution is -0.123. The third kappa shape index (κ3) is 4.35. The van der Waals surface area contributed by atoms with E-state index in [-0.39, 0.29) is 11.3 Å². The number of nitrogens with zero attached hydrogens (tertiary/aromatic N) is 1. The maximum atomic E-state index is 12.1. The molecule has 0 fully saturated rings. The number of H-pyrrole nitrogens is 1. The van der Waals surface area contributed by atoms with E-state index in [1.807, 2.05) is 6.92 Å². The second kappa shape index (κ2) is 6.86. The van der Waals surface area contributed by atoms with Crippen LogP contribution in [0.25, 0.3) is 11.0 Å². The number of carbonyl (C=O) groups excluding carboxylic acids is 1. The Morgan fingerprint density at radius 3 is 2.78 bits per heavy atom. The summed E-state index contributed by atoms with van der Waals surface area (Å²) < 4.78 is 43.0. The summed E-state index contributed by atoms with van der Waals surface area (Å²) in [5.74, 6) is -0.854. The van der Waals surface area contributed by atoms with Gasteiger partial charge in [0.1, 0.15) is 6.54 Å². The van der Waals surface area contributed by atoms with E-state index in [1.165, 1.54) is 22.8 Å². The highest BCUT2D eigenvalue weighted by atomic mass is 19.4. The molecule has 1 aromatic heterocycles. The Morgan fingerprint density at radius 1 is 1.39 bits per heavy atom. The van der Waals surface area contributed by atoms with Crippen LogP contribution in [0.2, 0.25) is 0 Å². The van der Waals surface area contributed by atoms with Gasteiger partial charge in [-0.3, -0.25) is 9.36 Å². The number of alkyl halides is 3. The number of ether oxygens (including phenoxy) is 1. The van der Waals surface area contributed by atoms with E-state index in [0.717, 1.165) is 0 Å². The summed E-state index contributed by atoms with van der Waals surface area (Å²) >= 11 is 0. The first-order chi connectivity index (χ1) is 10.8. The number of benzene rings is 1. The molecule has 0 bridgehead atoms. The van der Waals surface area contributed by atoms with E-state index < -0.39 is 18.6 Å². The minimum absolute atomic E-state index is 0.0416. The number of aromatic amines is 1. The molecule has 2 N–H and O–H groups in total. The maximum Gasteiger partial charge on any atom is 0.405 e. The molecule has 0 atom stereocenters. The van der Waals surface area contributed by atoms with Crippen LogP contribution in [0.4, 0.5) is 13.2 Å². The summed E-state index contributed by atoms with van der Waals surface area (Å²) in [6.07, 6.45) is -4.48. The zero-order valence-electron chi connectivity index (χ0n) is 12.4. The molecule has 0 unspecified atom stereocenters. The zero-order valence-corrected chi connectivity index (χ0v) is 12.4. The largest absolute Gasteiger partial charge is 0.405 e. The van der Waals surface area contributed by atoms with Crippen LogP contribution in [0.5, 0.6) is 0 Å². The Labute approximate surface area is 129 Å². The number of nitrogens with one attached hydrogen (secondary N) is 2. The van der Waals surface area contributed by atoms with Crippen LogP contribution in [0.15, 0.2) is 23.0 Å². The molecule has 1 heterocycles. The minimum atomic E-state index is -4.48. The Hall–Kier alpha value is -2.29. The van der Waals surface area contributed by atoms with E-state index in [0.29, 0.717) is 30.8 Å². The van der Waals surface area contributed by atoms with Crippen molar-refractivity contribution in [1.29, 1.82) is 0 Å². The van der Waals surface area contributed by atoms with Crippen LogP contribution in [-0.2, 0) is 11.3 Å².